The van der Waals surface area contributed by atoms with Crippen molar-refractivity contribution in [3.8, 4) is 0 Å². The van der Waals surface area contributed by atoms with Crippen LogP contribution in [0.25, 0.3) is 0 Å². The van der Waals surface area contributed by atoms with E-state index in [0.29, 0.717) is 6.42 Å². The Morgan fingerprint density at radius 2 is 1.80 bits per heavy atom. The van der Waals surface area contributed by atoms with E-state index in [1.807, 2.05) is 39.0 Å². The van der Waals surface area contributed by atoms with Crippen LogP contribution in [0, 0.1) is 5.92 Å². The molecule has 0 amide bonds. The first-order chi connectivity index (χ1) is 11.5. The predicted octanol–water partition coefficient (Wildman–Crippen LogP) is 3.65. The predicted molar refractivity (Wildman–Crippen MR) is 105 cm³/mol. The number of aliphatic hydroxyl groups is 1. The molecule has 4 nitrogen and oxygen atoms in total. The molecule has 0 bridgehead atoms. The molecule has 1 rings (SSSR count). The Morgan fingerprint density at radius 3 is 2.28 bits per heavy atom. The third-order valence-electron chi connectivity index (χ3n) is 5.73. The van der Waals surface area contributed by atoms with Gasteiger partial charge in [-0.2, -0.15) is 0 Å². The minimum Gasteiger partial charge on any atom is -0.481 e. The molecule has 1 aromatic rings. The average molecular weight is 367 g/mol. The lowest BCUT2D eigenvalue weighted by Gasteiger charge is -2.36. The van der Waals surface area contributed by atoms with E-state index in [0.717, 1.165) is 12.8 Å². The molecule has 0 heterocycles. The molecular formula is C20H34O4Si. The summed E-state index contributed by atoms with van der Waals surface area (Å²) < 4.78 is 5.40. The zero-order valence-electron chi connectivity index (χ0n) is 16.5. The molecule has 0 saturated carbocycles. The van der Waals surface area contributed by atoms with Gasteiger partial charge in [0, 0.05) is 7.11 Å². The van der Waals surface area contributed by atoms with Gasteiger partial charge in [0.05, 0.1) is 25.7 Å². The average Bonchev–Trinajstić information content (AvgIpc) is 2.55. The lowest BCUT2D eigenvalue weighted by Crippen LogP contribution is -2.51. The SMILES string of the molecule is COC(C)(C)CCC[C@H](O)[C@H](C(=O)O)[C@H](C)[Si](C)(C)c1ccccc1. The zero-order valence-corrected chi connectivity index (χ0v) is 17.5. The van der Waals surface area contributed by atoms with E-state index in [2.05, 4.69) is 25.2 Å². The Kier molecular flexibility index (Phi) is 7.84. The molecule has 3 atom stereocenters. The van der Waals surface area contributed by atoms with Crippen molar-refractivity contribution in [1.29, 1.82) is 0 Å². The van der Waals surface area contributed by atoms with E-state index in [9.17, 15) is 15.0 Å². The van der Waals surface area contributed by atoms with Crippen molar-refractivity contribution in [3.05, 3.63) is 30.3 Å². The van der Waals surface area contributed by atoms with Gasteiger partial charge in [0.1, 0.15) is 0 Å². The maximum atomic E-state index is 11.9. The van der Waals surface area contributed by atoms with Crippen LogP contribution in [0.4, 0.5) is 0 Å². The molecule has 0 fully saturated rings. The van der Waals surface area contributed by atoms with E-state index in [-0.39, 0.29) is 11.1 Å². The quantitative estimate of drug-likeness (QED) is 0.620. The fourth-order valence-electron chi connectivity index (χ4n) is 3.31. The number of hydrogen-bond donors (Lipinski definition) is 2. The van der Waals surface area contributed by atoms with Gasteiger partial charge in [-0.05, 0) is 38.7 Å². The van der Waals surface area contributed by atoms with Gasteiger partial charge in [0.15, 0.2) is 0 Å². The molecule has 1 aromatic carbocycles. The highest BCUT2D eigenvalue weighted by Crippen LogP contribution is 2.34. The number of carbonyl (C=O) groups is 1. The standard InChI is InChI=1S/C20H34O4Si/c1-15(25(5,6)16-11-8-7-9-12-16)18(19(22)23)17(21)13-10-14-20(2,3)24-4/h7-9,11-12,15,17-18,21H,10,13-14H2,1-6H3,(H,22,23)/t15-,17-,18+/m0/s1. The van der Waals surface area contributed by atoms with Crippen molar-refractivity contribution in [2.45, 2.75) is 70.4 Å². The fourth-order valence-corrected chi connectivity index (χ4v) is 6.15. The summed E-state index contributed by atoms with van der Waals surface area (Å²) in [7, 11) is -0.347. The molecule has 0 radical (unpaired) electrons. The number of hydrogen-bond acceptors (Lipinski definition) is 3. The van der Waals surface area contributed by atoms with Gasteiger partial charge in [0.2, 0.25) is 0 Å². The van der Waals surface area contributed by atoms with E-state index in [1.165, 1.54) is 5.19 Å². The van der Waals surface area contributed by atoms with Crippen molar-refractivity contribution in [2.75, 3.05) is 7.11 Å². The molecule has 0 spiro atoms. The van der Waals surface area contributed by atoms with Crippen molar-refractivity contribution in [3.63, 3.8) is 0 Å². The van der Waals surface area contributed by atoms with E-state index < -0.39 is 26.1 Å². The first kappa shape index (κ1) is 21.9. The number of aliphatic carboxylic acids is 1. The Balaban J connectivity index is 2.86. The minimum absolute atomic E-state index is 0.0714. The molecular weight excluding hydrogens is 332 g/mol. The second kappa shape index (κ2) is 8.97. The molecule has 0 aliphatic heterocycles. The maximum absolute atomic E-state index is 11.9. The highest BCUT2D eigenvalue weighted by Gasteiger charge is 2.42. The Morgan fingerprint density at radius 1 is 1.24 bits per heavy atom. The Bertz CT molecular complexity index is 542. The number of aliphatic hydroxyl groups excluding tert-OH is 1. The van der Waals surface area contributed by atoms with Crippen LogP contribution in [0.3, 0.4) is 0 Å². The number of benzene rings is 1. The third-order valence-corrected chi connectivity index (χ3v) is 10.2. The smallest absolute Gasteiger partial charge is 0.309 e. The van der Waals surface area contributed by atoms with Crippen LogP contribution >= 0.6 is 0 Å². The van der Waals surface area contributed by atoms with Crippen LogP contribution < -0.4 is 5.19 Å². The van der Waals surface area contributed by atoms with Gasteiger partial charge in [-0.15, -0.1) is 0 Å². The molecule has 5 heteroatoms. The summed E-state index contributed by atoms with van der Waals surface area (Å²) in [5, 5.41) is 21.6. The summed E-state index contributed by atoms with van der Waals surface area (Å²) in [6, 6.07) is 10.1. The lowest BCUT2D eigenvalue weighted by molar-refractivity contribution is -0.146. The molecule has 142 valence electrons. The van der Waals surface area contributed by atoms with E-state index in [4.69, 9.17) is 4.74 Å². The van der Waals surface area contributed by atoms with Crippen LogP contribution in [-0.4, -0.2) is 43.1 Å². The van der Waals surface area contributed by atoms with Gasteiger partial charge >= 0.3 is 5.97 Å². The topological polar surface area (TPSA) is 66.8 Å². The maximum Gasteiger partial charge on any atom is 0.309 e. The highest BCUT2D eigenvalue weighted by molar-refractivity contribution is 6.91. The summed E-state index contributed by atoms with van der Waals surface area (Å²) in [6.45, 7) is 10.4. The van der Waals surface area contributed by atoms with Crippen LogP contribution in [0.2, 0.25) is 18.6 Å². The fraction of sp³-hybridized carbons (Fsp3) is 0.650. The summed E-state index contributed by atoms with van der Waals surface area (Å²) in [5.74, 6) is -1.64. The van der Waals surface area contributed by atoms with Crippen LogP contribution in [0.5, 0.6) is 0 Å². The molecule has 2 N–H and O–H groups in total. The van der Waals surface area contributed by atoms with Crippen molar-refractivity contribution < 1.29 is 19.7 Å². The largest absolute Gasteiger partial charge is 0.481 e. The van der Waals surface area contributed by atoms with Gasteiger partial charge < -0.3 is 14.9 Å². The molecule has 0 unspecified atom stereocenters. The van der Waals surface area contributed by atoms with Crippen molar-refractivity contribution in [2.24, 2.45) is 5.92 Å². The Hall–Kier alpha value is -1.17. The van der Waals surface area contributed by atoms with Crippen LogP contribution in [0.1, 0.15) is 40.0 Å². The van der Waals surface area contributed by atoms with Gasteiger partial charge in [-0.25, -0.2) is 0 Å². The summed E-state index contributed by atoms with van der Waals surface area (Å²) in [4.78, 5) is 11.9. The number of methoxy groups -OCH3 is 1. The summed E-state index contributed by atoms with van der Waals surface area (Å²) in [5.41, 5.74) is -0.319. The lowest BCUT2D eigenvalue weighted by atomic mass is 9.92. The normalized spacial score (nSPS) is 16.3. The highest BCUT2D eigenvalue weighted by atomic mass is 28.3. The second-order valence-corrected chi connectivity index (χ2v) is 13.1. The van der Waals surface area contributed by atoms with Crippen molar-refractivity contribution >= 4 is 19.2 Å². The number of ether oxygens (including phenoxy) is 1. The van der Waals surface area contributed by atoms with Crippen molar-refractivity contribution in [1.82, 2.24) is 0 Å². The molecule has 0 aromatic heterocycles. The van der Waals surface area contributed by atoms with Gasteiger partial charge in [-0.1, -0.05) is 55.5 Å². The first-order valence-corrected chi connectivity index (χ1v) is 12.1. The first-order valence-electron chi connectivity index (χ1n) is 9.04. The minimum atomic E-state index is -2.02. The third kappa shape index (κ3) is 5.94. The van der Waals surface area contributed by atoms with E-state index in [1.54, 1.807) is 7.11 Å². The monoisotopic (exact) mass is 366 g/mol. The molecule has 25 heavy (non-hydrogen) atoms. The number of carboxylic acids is 1. The van der Waals surface area contributed by atoms with Crippen LogP contribution in [-0.2, 0) is 9.53 Å². The van der Waals surface area contributed by atoms with Gasteiger partial charge in [0.25, 0.3) is 0 Å². The van der Waals surface area contributed by atoms with Gasteiger partial charge in [-0.3, -0.25) is 4.79 Å². The summed E-state index contributed by atoms with van der Waals surface area (Å²) in [6.07, 6.45) is 1.18. The number of carboxylic acid groups (broad SMARTS) is 1. The molecule has 0 aliphatic carbocycles. The molecule has 0 aliphatic rings. The zero-order chi connectivity index (χ0) is 19.3. The number of rotatable bonds is 10. The van der Waals surface area contributed by atoms with Crippen LogP contribution in [0.15, 0.2) is 30.3 Å². The molecule has 0 saturated heterocycles. The second-order valence-electron chi connectivity index (χ2n) is 8.16. The van der Waals surface area contributed by atoms with E-state index >= 15 is 0 Å². The summed E-state index contributed by atoms with van der Waals surface area (Å²) >= 11 is 0. The Labute approximate surface area is 153 Å².